The zero-order valence-electron chi connectivity index (χ0n) is 33.6. The van der Waals surface area contributed by atoms with E-state index in [0.717, 1.165) is 53.7 Å². The van der Waals surface area contributed by atoms with Crippen molar-refractivity contribution < 1.29 is 18.7 Å². The van der Waals surface area contributed by atoms with Crippen LogP contribution in [0, 0.1) is 11.8 Å². The topological polar surface area (TPSA) is 108 Å². The maximum atomic E-state index is 13.2. The fourth-order valence-corrected chi connectivity index (χ4v) is 4.13. The Labute approximate surface area is 306 Å². The van der Waals surface area contributed by atoms with Crippen LogP contribution in [0.3, 0.4) is 0 Å². The first-order chi connectivity index (χ1) is 23.0. The molecule has 2 unspecified atom stereocenters. The lowest BCUT2D eigenvalue weighted by Crippen LogP contribution is -2.24. The van der Waals surface area contributed by atoms with Crippen LogP contribution in [-0.2, 0) is 22.5 Å². The summed E-state index contributed by atoms with van der Waals surface area (Å²) < 4.78 is 18.4. The number of Topliss-reactive ketones (excluding diaryl/α,β-unsaturated/α-hetero) is 1. The van der Waals surface area contributed by atoms with E-state index in [-0.39, 0.29) is 23.6 Å². The summed E-state index contributed by atoms with van der Waals surface area (Å²) in [6.45, 7) is 32.9. The number of hydrogen-bond donors (Lipinski definition) is 3. The molecule has 4 N–H and O–H groups in total. The average molecular weight is 706 g/mol. The van der Waals surface area contributed by atoms with Crippen LogP contribution in [0.5, 0.6) is 0 Å². The zero-order chi connectivity index (χ0) is 39.3. The Morgan fingerprint density at radius 3 is 1.98 bits per heavy atom. The second-order valence-electron chi connectivity index (χ2n) is 12.0. The van der Waals surface area contributed by atoms with Crippen molar-refractivity contribution in [1.82, 2.24) is 0 Å². The molecular weight excluding hydrogens is 634 g/mol. The average Bonchev–Trinajstić information content (AvgIpc) is 3.07. The number of rotatable bonds is 15. The number of allylic oxidation sites excluding steroid dienone is 5. The number of nitrogens with two attached hydrogens (primary N) is 2. The summed E-state index contributed by atoms with van der Waals surface area (Å²) in [4.78, 5) is 28.7. The molecule has 0 heterocycles. The Bertz CT molecular complexity index is 1200. The highest BCUT2D eigenvalue weighted by atomic mass is 32.1. The van der Waals surface area contributed by atoms with Crippen molar-refractivity contribution in [3.8, 4) is 0 Å². The summed E-state index contributed by atoms with van der Waals surface area (Å²) in [6, 6.07) is 5.97. The maximum absolute atomic E-state index is 13.2. The van der Waals surface area contributed by atoms with Gasteiger partial charge in [-0.15, -0.1) is 0 Å². The molecule has 49 heavy (non-hydrogen) atoms. The van der Waals surface area contributed by atoms with Gasteiger partial charge in [-0.2, -0.15) is 12.6 Å². The van der Waals surface area contributed by atoms with Crippen molar-refractivity contribution in [2.45, 2.75) is 141 Å². The van der Waals surface area contributed by atoms with Gasteiger partial charge in [-0.05, 0) is 88.3 Å². The third-order valence-electron chi connectivity index (χ3n) is 6.93. The molecule has 0 saturated heterocycles. The number of halogens is 1. The Hall–Kier alpha value is -3.13. The van der Waals surface area contributed by atoms with Gasteiger partial charge in [0, 0.05) is 41.1 Å². The molecule has 0 radical (unpaired) electrons. The Kier molecular flexibility index (Phi) is 33.2. The lowest BCUT2D eigenvalue weighted by molar-refractivity contribution is -0.155. The molecule has 8 heteroatoms. The number of ether oxygens (including phenoxy) is 1. The van der Waals surface area contributed by atoms with Gasteiger partial charge >= 0.3 is 5.97 Å². The Morgan fingerprint density at radius 1 is 1.02 bits per heavy atom. The van der Waals surface area contributed by atoms with Gasteiger partial charge in [0.05, 0.1) is 6.54 Å². The van der Waals surface area contributed by atoms with Gasteiger partial charge in [0.2, 0.25) is 0 Å². The van der Waals surface area contributed by atoms with Gasteiger partial charge in [0.25, 0.3) is 0 Å². The summed E-state index contributed by atoms with van der Waals surface area (Å²) in [5.41, 5.74) is 16.7. The highest BCUT2D eigenvalue weighted by Gasteiger charge is 2.18. The van der Waals surface area contributed by atoms with Crippen LogP contribution in [0.15, 0.2) is 71.3 Å². The molecule has 0 spiro atoms. The van der Waals surface area contributed by atoms with Crippen LogP contribution >= 0.6 is 12.6 Å². The highest BCUT2D eigenvalue weighted by Crippen LogP contribution is 2.21. The zero-order valence-corrected chi connectivity index (χ0v) is 34.5. The molecule has 0 bridgehead atoms. The number of thiol groups is 1. The van der Waals surface area contributed by atoms with E-state index in [2.05, 4.69) is 45.7 Å². The van der Waals surface area contributed by atoms with Crippen LogP contribution in [0.1, 0.15) is 144 Å². The number of esters is 1. The molecule has 0 saturated carbocycles. The minimum Gasteiger partial charge on any atom is -0.460 e. The smallest absolute Gasteiger partial charge is 0.306 e. The molecule has 282 valence electrons. The number of aryl methyl sites for hydroxylation is 1. The van der Waals surface area contributed by atoms with Gasteiger partial charge in [0.1, 0.15) is 11.4 Å². The van der Waals surface area contributed by atoms with Gasteiger partial charge in [-0.3, -0.25) is 14.6 Å². The Morgan fingerprint density at radius 2 is 1.57 bits per heavy atom. The first kappa shape index (κ1) is 52.7. The number of aliphatic imine (C=N–C) groups is 1. The third-order valence-corrected chi connectivity index (χ3v) is 6.93. The maximum Gasteiger partial charge on any atom is 0.306 e. The summed E-state index contributed by atoms with van der Waals surface area (Å²) in [5, 5.41) is 0. The molecule has 0 aliphatic carbocycles. The number of carbonyl (C=O) groups excluding carboxylic acids is 2. The molecular formula is C41H72FN3O3S. The second kappa shape index (κ2) is 30.9. The van der Waals surface area contributed by atoms with Gasteiger partial charge in [-0.25, -0.2) is 4.39 Å². The first-order valence-corrected chi connectivity index (χ1v) is 18.7. The van der Waals surface area contributed by atoms with Crippen molar-refractivity contribution in [3.05, 3.63) is 83.0 Å². The third kappa shape index (κ3) is 24.6. The molecule has 0 amide bonds. The lowest BCUT2D eigenvalue weighted by Gasteiger charge is -2.20. The minimum atomic E-state index is -0.508. The van der Waals surface area contributed by atoms with E-state index in [0.29, 0.717) is 30.7 Å². The normalized spacial score (nSPS) is 12.5. The molecule has 1 aromatic rings. The standard InChI is InChI=1S/C25H35FN2O.C11H21NO2.2C2H6.CH4S/c1-7-10-24(23(15-27)18(5)13-19(6)26)28-16-20-11-12-22(21(9-3)14-20)25(29)17(4)8-2;1-8(9(2)12)6-7-10(13)14-11(3,4)5;3*1-2/h11-15,17H,6-10,16,27H2,1-5H3;8H,2,6-7,12H2,1,3-5H3;2*1-2H3;2H,1H3/b18-13-,23-15-,28-24?;;;;. The van der Waals surface area contributed by atoms with Crippen molar-refractivity contribution in [2.75, 3.05) is 6.26 Å². The molecule has 1 aromatic carbocycles. The number of nitrogens with zero attached hydrogens (tertiary/aromatic N) is 1. The van der Waals surface area contributed by atoms with Crippen LogP contribution < -0.4 is 11.5 Å². The van der Waals surface area contributed by atoms with E-state index in [4.69, 9.17) is 21.2 Å². The fourth-order valence-electron chi connectivity index (χ4n) is 4.13. The van der Waals surface area contributed by atoms with Crippen molar-refractivity contribution >= 4 is 30.1 Å². The Balaban J connectivity index is -0.000000424. The van der Waals surface area contributed by atoms with Crippen LogP contribution in [0.4, 0.5) is 4.39 Å². The predicted octanol–water partition coefficient (Wildman–Crippen LogP) is 11.3. The van der Waals surface area contributed by atoms with E-state index in [1.807, 2.05) is 81.4 Å². The van der Waals surface area contributed by atoms with E-state index in [9.17, 15) is 14.0 Å². The minimum absolute atomic E-state index is 0.0256. The number of hydrogen-bond acceptors (Lipinski definition) is 7. The molecule has 6 nitrogen and oxygen atoms in total. The predicted molar refractivity (Wildman–Crippen MR) is 217 cm³/mol. The van der Waals surface area contributed by atoms with Crippen LogP contribution in [-0.4, -0.2) is 29.3 Å². The van der Waals surface area contributed by atoms with Gasteiger partial charge < -0.3 is 16.2 Å². The number of ketones is 1. The molecule has 1 rings (SSSR count). The number of carbonyl (C=O) groups is 2. The molecule has 2 atom stereocenters. The number of benzene rings is 1. The van der Waals surface area contributed by atoms with Crippen molar-refractivity contribution in [2.24, 2.45) is 28.3 Å². The summed E-state index contributed by atoms with van der Waals surface area (Å²) in [7, 11) is 0. The van der Waals surface area contributed by atoms with E-state index in [1.54, 1.807) is 13.2 Å². The summed E-state index contributed by atoms with van der Waals surface area (Å²) in [5.74, 6) is -0.288. The highest BCUT2D eigenvalue weighted by molar-refractivity contribution is 7.79. The first-order valence-electron chi connectivity index (χ1n) is 17.8. The van der Waals surface area contributed by atoms with Gasteiger partial charge in [-0.1, -0.05) is 100 Å². The van der Waals surface area contributed by atoms with Crippen molar-refractivity contribution in [1.29, 1.82) is 0 Å². The molecule has 0 fully saturated rings. The van der Waals surface area contributed by atoms with Crippen molar-refractivity contribution in [3.63, 3.8) is 0 Å². The SMILES string of the molecule is C=C(F)/C=C(C)\C(=C\N)C(CCC)=NCc1ccc(C(=O)C(C)CC)c(CC)c1.C=C(N)C(C)CCC(=O)OC(C)(C)C.CC.CC.CS. The largest absolute Gasteiger partial charge is 0.460 e. The lowest BCUT2D eigenvalue weighted by atomic mass is 9.91. The molecule has 0 aliphatic heterocycles. The van der Waals surface area contributed by atoms with E-state index >= 15 is 0 Å². The summed E-state index contributed by atoms with van der Waals surface area (Å²) in [6.07, 6.45) is 8.93. The quantitative estimate of drug-likeness (QED) is 0.0553. The van der Waals surface area contributed by atoms with E-state index in [1.165, 1.54) is 12.3 Å². The summed E-state index contributed by atoms with van der Waals surface area (Å²) >= 11 is 3.53. The van der Waals surface area contributed by atoms with Crippen LogP contribution in [0.25, 0.3) is 0 Å². The molecule has 0 aromatic heterocycles. The second-order valence-corrected chi connectivity index (χ2v) is 12.0. The van der Waals surface area contributed by atoms with E-state index < -0.39 is 11.4 Å². The van der Waals surface area contributed by atoms with Gasteiger partial charge in [0.15, 0.2) is 5.78 Å². The molecule has 0 aliphatic rings. The monoisotopic (exact) mass is 706 g/mol. The van der Waals surface area contributed by atoms with Crippen LogP contribution in [0.2, 0.25) is 0 Å². The fraction of sp³-hybridized carbons (Fsp3) is 0.585.